The number of hydrogen-bond donors (Lipinski definition) is 2. The Bertz CT molecular complexity index is 260. The minimum absolute atomic E-state index is 0.00749. The third kappa shape index (κ3) is 3.48. The highest BCUT2D eigenvalue weighted by molar-refractivity contribution is 5.85. The summed E-state index contributed by atoms with van der Waals surface area (Å²) in [5, 5.41) is 2.66. The summed E-state index contributed by atoms with van der Waals surface area (Å²) in [5.74, 6) is -0.488. The van der Waals surface area contributed by atoms with Crippen LogP contribution in [0.2, 0.25) is 0 Å². The van der Waals surface area contributed by atoms with Gasteiger partial charge in [-0.25, -0.2) is 4.79 Å². The van der Waals surface area contributed by atoms with Crippen LogP contribution in [0.5, 0.6) is 0 Å². The number of nitrogens with two attached hydrogens (primary N) is 1. The topological polar surface area (TPSA) is 81.4 Å². The molecule has 1 fully saturated rings. The molecule has 1 rings (SSSR count). The molecule has 0 aliphatic heterocycles. The van der Waals surface area contributed by atoms with Gasteiger partial charge in [0.1, 0.15) is 6.04 Å². The molecule has 0 spiro atoms. The quantitative estimate of drug-likeness (QED) is 0.675. The summed E-state index contributed by atoms with van der Waals surface area (Å²) in [6, 6.07) is -0.352. The lowest BCUT2D eigenvalue weighted by Gasteiger charge is -2.26. The number of methoxy groups -OCH3 is 1. The van der Waals surface area contributed by atoms with E-state index in [0.29, 0.717) is 0 Å². The monoisotopic (exact) mass is 228 g/mol. The SMILES string of the molecule is COC(=O)C(C)NC(=O)C1CCC(N)CC1. The molecule has 0 aromatic carbocycles. The molecule has 1 unspecified atom stereocenters. The molecule has 0 aromatic heterocycles. The fraction of sp³-hybridized carbons (Fsp3) is 0.818. The molecule has 1 amide bonds. The number of amides is 1. The number of esters is 1. The van der Waals surface area contributed by atoms with Crippen LogP contribution < -0.4 is 11.1 Å². The van der Waals surface area contributed by atoms with Crippen LogP contribution in [0.15, 0.2) is 0 Å². The van der Waals surface area contributed by atoms with E-state index in [1.165, 1.54) is 7.11 Å². The maximum atomic E-state index is 11.8. The second-order valence-corrected chi connectivity index (χ2v) is 4.37. The van der Waals surface area contributed by atoms with Crippen molar-refractivity contribution in [1.29, 1.82) is 0 Å². The van der Waals surface area contributed by atoms with Gasteiger partial charge in [-0.3, -0.25) is 4.79 Å². The van der Waals surface area contributed by atoms with Crippen LogP contribution in [-0.2, 0) is 14.3 Å². The second-order valence-electron chi connectivity index (χ2n) is 4.37. The summed E-state index contributed by atoms with van der Waals surface area (Å²) >= 11 is 0. The minimum atomic E-state index is -0.576. The lowest BCUT2D eigenvalue weighted by molar-refractivity contribution is -0.145. The number of carbonyl (C=O) groups is 2. The largest absolute Gasteiger partial charge is 0.467 e. The molecule has 5 heteroatoms. The third-order valence-electron chi connectivity index (χ3n) is 3.06. The van der Waals surface area contributed by atoms with Crippen molar-refractivity contribution in [3.05, 3.63) is 0 Å². The van der Waals surface area contributed by atoms with Gasteiger partial charge in [-0.05, 0) is 32.6 Å². The molecule has 0 bridgehead atoms. The highest BCUT2D eigenvalue weighted by Gasteiger charge is 2.26. The van der Waals surface area contributed by atoms with Crippen molar-refractivity contribution in [1.82, 2.24) is 5.32 Å². The molecule has 5 nitrogen and oxygen atoms in total. The van der Waals surface area contributed by atoms with Crippen molar-refractivity contribution < 1.29 is 14.3 Å². The van der Waals surface area contributed by atoms with Crippen molar-refractivity contribution in [3.8, 4) is 0 Å². The summed E-state index contributed by atoms with van der Waals surface area (Å²) in [6.45, 7) is 1.62. The van der Waals surface area contributed by atoms with E-state index in [1.807, 2.05) is 0 Å². The van der Waals surface area contributed by atoms with E-state index in [0.717, 1.165) is 25.7 Å². The molecule has 1 aliphatic rings. The fourth-order valence-electron chi connectivity index (χ4n) is 1.95. The van der Waals surface area contributed by atoms with E-state index in [1.54, 1.807) is 6.92 Å². The van der Waals surface area contributed by atoms with Crippen LogP contribution in [0, 0.1) is 5.92 Å². The molecule has 1 aliphatic carbocycles. The van der Waals surface area contributed by atoms with Gasteiger partial charge in [-0.2, -0.15) is 0 Å². The van der Waals surface area contributed by atoms with Gasteiger partial charge in [0.2, 0.25) is 5.91 Å². The molecule has 1 saturated carbocycles. The summed E-state index contributed by atoms with van der Waals surface area (Å²) < 4.78 is 4.54. The van der Waals surface area contributed by atoms with Crippen molar-refractivity contribution in [2.24, 2.45) is 11.7 Å². The zero-order valence-corrected chi connectivity index (χ0v) is 9.86. The maximum Gasteiger partial charge on any atom is 0.328 e. The van der Waals surface area contributed by atoms with Gasteiger partial charge >= 0.3 is 5.97 Å². The van der Waals surface area contributed by atoms with Gasteiger partial charge in [0.25, 0.3) is 0 Å². The predicted octanol–water partition coefficient (Wildman–Crippen LogP) is 0.182. The maximum absolute atomic E-state index is 11.8. The first-order chi connectivity index (χ1) is 7.54. The molecule has 0 heterocycles. The van der Waals surface area contributed by atoms with Crippen LogP contribution in [0.3, 0.4) is 0 Å². The molecule has 3 N–H and O–H groups in total. The Morgan fingerprint density at radius 2 is 1.88 bits per heavy atom. The lowest BCUT2D eigenvalue weighted by atomic mass is 9.86. The Morgan fingerprint density at radius 3 is 2.38 bits per heavy atom. The van der Waals surface area contributed by atoms with Gasteiger partial charge in [-0.1, -0.05) is 0 Å². The number of rotatable bonds is 3. The van der Waals surface area contributed by atoms with Crippen LogP contribution in [0.1, 0.15) is 32.6 Å². The van der Waals surface area contributed by atoms with Crippen molar-refractivity contribution >= 4 is 11.9 Å². The molecule has 0 radical (unpaired) electrons. The zero-order chi connectivity index (χ0) is 12.1. The summed E-state index contributed by atoms with van der Waals surface area (Å²) in [4.78, 5) is 22.9. The average Bonchev–Trinajstić information content (AvgIpc) is 2.28. The number of hydrogen-bond acceptors (Lipinski definition) is 4. The van der Waals surface area contributed by atoms with Gasteiger partial charge in [0.15, 0.2) is 0 Å². The summed E-state index contributed by atoms with van der Waals surface area (Å²) in [5.41, 5.74) is 5.76. The molecular formula is C11H20N2O3. The Labute approximate surface area is 95.7 Å². The van der Waals surface area contributed by atoms with Gasteiger partial charge in [-0.15, -0.1) is 0 Å². The molecule has 0 saturated heterocycles. The number of ether oxygens (including phenoxy) is 1. The Kier molecular flexibility index (Phi) is 4.73. The van der Waals surface area contributed by atoms with Crippen LogP contribution in [0.25, 0.3) is 0 Å². The first kappa shape index (κ1) is 13.0. The van der Waals surface area contributed by atoms with Gasteiger partial charge in [0, 0.05) is 12.0 Å². The van der Waals surface area contributed by atoms with E-state index in [4.69, 9.17) is 5.73 Å². The normalized spacial score (nSPS) is 26.9. The van der Waals surface area contributed by atoms with E-state index in [9.17, 15) is 9.59 Å². The molecule has 1 atom stereocenters. The third-order valence-corrected chi connectivity index (χ3v) is 3.06. The zero-order valence-electron chi connectivity index (χ0n) is 9.86. The minimum Gasteiger partial charge on any atom is -0.467 e. The first-order valence-electron chi connectivity index (χ1n) is 5.68. The molecule has 0 aromatic rings. The van der Waals surface area contributed by atoms with E-state index >= 15 is 0 Å². The smallest absolute Gasteiger partial charge is 0.328 e. The fourth-order valence-corrected chi connectivity index (χ4v) is 1.95. The van der Waals surface area contributed by atoms with Crippen LogP contribution in [0.4, 0.5) is 0 Å². The summed E-state index contributed by atoms with van der Waals surface area (Å²) in [7, 11) is 1.31. The predicted molar refractivity (Wildman–Crippen MR) is 59.6 cm³/mol. The molecule has 92 valence electrons. The first-order valence-corrected chi connectivity index (χ1v) is 5.68. The number of nitrogens with one attached hydrogen (secondary N) is 1. The molecule has 16 heavy (non-hydrogen) atoms. The number of carbonyl (C=O) groups excluding carboxylic acids is 2. The van der Waals surface area contributed by atoms with E-state index in [2.05, 4.69) is 10.1 Å². The van der Waals surface area contributed by atoms with E-state index in [-0.39, 0.29) is 17.9 Å². The van der Waals surface area contributed by atoms with Crippen molar-refractivity contribution in [2.75, 3.05) is 7.11 Å². The van der Waals surface area contributed by atoms with Gasteiger partial charge in [0.05, 0.1) is 7.11 Å². The molecular weight excluding hydrogens is 208 g/mol. The Hall–Kier alpha value is -1.10. The second kappa shape index (κ2) is 5.84. The van der Waals surface area contributed by atoms with Gasteiger partial charge < -0.3 is 15.8 Å². The highest BCUT2D eigenvalue weighted by Crippen LogP contribution is 2.23. The Morgan fingerprint density at radius 1 is 1.31 bits per heavy atom. The summed E-state index contributed by atoms with van der Waals surface area (Å²) in [6.07, 6.45) is 3.37. The van der Waals surface area contributed by atoms with Crippen LogP contribution in [-0.4, -0.2) is 31.1 Å². The average molecular weight is 228 g/mol. The Balaban J connectivity index is 2.37. The highest BCUT2D eigenvalue weighted by atomic mass is 16.5. The standard InChI is InChI=1S/C11H20N2O3/c1-7(11(15)16-2)13-10(14)8-3-5-9(12)6-4-8/h7-9H,3-6,12H2,1-2H3,(H,13,14). The van der Waals surface area contributed by atoms with Crippen molar-refractivity contribution in [2.45, 2.75) is 44.7 Å². The van der Waals surface area contributed by atoms with Crippen LogP contribution >= 0.6 is 0 Å². The van der Waals surface area contributed by atoms with E-state index < -0.39 is 12.0 Å². The lowest BCUT2D eigenvalue weighted by Crippen LogP contribution is -2.43. The van der Waals surface area contributed by atoms with Crippen molar-refractivity contribution in [3.63, 3.8) is 0 Å².